The summed E-state index contributed by atoms with van der Waals surface area (Å²) in [7, 11) is 0. The number of hydrogen-bond donors (Lipinski definition) is 7. The molecule has 3 aromatic rings. The molecule has 1 unspecified atom stereocenters. The van der Waals surface area contributed by atoms with Crippen molar-refractivity contribution in [2.24, 2.45) is 11.5 Å². The van der Waals surface area contributed by atoms with Crippen molar-refractivity contribution in [3.8, 4) is 0 Å². The summed E-state index contributed by atoms with van der Waals surface area (Å²) in [6.07, 6.45) is 1.44. The first kappa shape index (κ1) is 33.6. The zero-order valence-electron chi connectivity index (χ0n) is 24.8. The molecule has 0 bridgehead atoms. The van der Waals surface area contributed by atoms with Gasteiger partial charge >= 0.3 is 0 Å². The van der Waals surface area contributed by atoms with E-state index in [9.17, 15) is 19.2 Å². The Morgan fingerprint density at radius 3 is 2.32 bits per heavy atom. The minimum Gasteiger partial charge on any atom is -0.384 e. The summed E-state index contributed by atoms with van der Waals surface area (Å²) < 4.78 is 0.842. The molecule has 0 fully saturated rings. The van der Waals surface area contributed by atoms with E-state index in [4.69, 9.17) is 22.3 Å². The average Bonchev–Trinajstić information content (AvgIpc) is 3.42. The fraction of sp³-hybridized carbons (Fsp3) is 0.367. The lowest BCUT2D eigenvalue weighted by Crippen LogP contribution is -2.53. The number of Topliss-reactive ketones (excluding diaryl/α,β-unsaturated/α-hetero) is 1. The number of carbonyl (C=O) groups excluding carboxylic acids is 4. The quantitative estimate of drug-likeness (QED) is 0.0536. The number of nitrogens with two attached hydrogens (primary N) is 2. The van der Waals surface area contributed by atoms with Crippen molar-refractivity contribution in [3.05, 3.63) is 64.7 Å². The van der Waals surface area contributed by atoms with Gasteiger partial charge in [0.25, 0.3) is 0 Å². The van der Waals surface area contributed by atoms with E-state index < -0.39 is 23.9 Å². The Balaban J connectivity index is 1.80. The molecule has 0 saturated heterocycles. The van der Waals surface area contributed by atoms with Gasteiger partial charge in [0.2, 0.25) is 23.5 Å². The number of benzene rings is 2. The Labute approximate surface area is 259 Å². The average molecular weight is 622 g/mol. The number of amidine groups is 1. The molecule has 0 aliphatic carbocycles. The van der Waals surface area contributed by atoms with Crippen LogP contribution < -0.4 is 27.4 Å². The van der Waals surface area contributed by atoms with Crippen molar-refractivity contribution in [1.82, 2.24) is 25.8 Å². The third-order valence-corrected chi connectivity index (χ3v) is 7.71. The number of nitrogens with zero attached hydrogens (tertiary/aromatic N) is 2. The summed E-state index contributed by atoms with van der Waals surface area (Å²) in [5.41, 5.74) is 12.8. The van der Waals surface area contributed by atoms with E-state index >= 15 is 0 Å². The van der Waals surface area contributed by atoms with E-state index in [1.54, 1.807) is 24.3 Å². The number of nitrogens with one attached hydrogen (secondary N) is 5. The molecule has 14 heteroatoms. The molecule has 13 nitrogen and oxygen atoms in total. The minimum absolute atomic E-state index is 0.0830. The Bertz CT molecular complexity index is 1470. The van der Waals surface area contributed by atoms with E-state index in [1.165, 1.54) is 23.2 Å². The smallest absolute Gasteiger partial charge is 0.245 e. The number of nitrogen functional groups attached to an aromatic ring is 1. The highest BCUT2D eigenvalue weighted by atomic mass is 32.1. The monoisotopic (exact) mass is 621 g/mol. The fourth-order valence-corrected chi connectivity index (χ4v) is 5.55. The van der Waals surface area contributed by atoms with Gasteiger partial charge in [-0.05, 0) is 37.0 Å². The Morgan fingerprint density at radius 2 is 1.70 bits per heavy atom. The zero-order valence-corrected chi connectivity index (χ0v) is 25.6. The second-order valence-corrected chi connectivity index (χ2v) is 11.3. The van der Waals surface area contributed by atoms with Crippen LogP contribution >= 0.6 is 11.3 Å². The number of hydrogen-bond acceptors (Lipinski definition) is 8. The van der Waals surface area contributed by atoms with Gasteiger partial charge < -0.3 is 32.3 Å². The van der Waals surface area contributed by atoms with Gasteiger partial charge in [-0.15, -0.1) is 11.3 Å². The van der Waals surface area contributed by atoms with Gasteiger partial charge in [-0.3, -0.25) is 30.0 Å². The standard InChI is InChI=1S/C30H39N9O4S/c1-3-15-39(29(43)22(36-18(2)40)8-6-14-35-30(33)34)17-25(41)37-23(16-19-10-12-20(13-11-19)27(31)32)26(42)28-38-21-7-4-5-9-24(21)44-28/h4-5,7,9-13,22-23H,3,6,8,14-17H2,1-2H3,(H3,31,32)(H,36,40)(H,37,41)(H4,33,34,35)/t22-,23?/m0/s1. The number of ketones is 1. The maximum atomic E-state index is 13.7. The van der Waals surface area contributed by atoms with E-state index in [0.29, 0.717) is 30.5 Å². The molecule has 9 N–H and O–H groups in total. The minimum atomic E-state index is -0.978. The molecule has 3 rings (SSSR count). The number of aromatic nitrogens is 1. The van der Waals surface area contributed by atoms with Crippen molar-refractivity contribution in [3.63, 3.8) is 0 Å². The highest BCUT2D eigenvalue weighted by Crippen LogP contribution is 2.23. The van der Waals surface area contributed by atoms with Crippen molar-refractivity contribution < 1.29 is 19.2 Å². The van der Waals surface area contributed by atoms with Gasteiger partial charge in [0.05, 0.1) is 22.8 Å². The van der Waals surface area contributed by atoms with Gasteiger partial charge in [-0.25, -0.2) is 4.98 Å². The van der Waals surface area contributed by atoms with Crippen LogP contribution in [0.5, 0.6) is 0 Å². The molecule has 2 aromatic carbocycles. The number of carbonyl (C=O) groups is 4. The van der Waals surface area contributed by atoms with Gasteiger partial charge in [0.15, 0.2) is 11.0 Å². The van der Waals surface area contributed by atoms with E-state index in [0.717, 1.165) is 10.3 Å². The second-order valence-electron chi connectivity index (χ2n) is 10.3. The highest BCUT2D eigenvalue weighted by Gasteiger charge is 2.29. The van der Waals surface area contributed by atoms with Crippen LogP contribution in [-0.4, -0.2) is 76.9 Å². The van der Waals surface area contributed by atoms with Crippen molar-refractivity contribution >= 4 is 56.9 Å². The number of fused-ring (bicyclic) bond motifs is 1. The molecule has 0 aliphatic heterocycles. The van der Waals surface area contributed by atoms with Crippen LogP contribution in [0.4, 0.5) is 0 Å². The maximum Gasteiger partial charge on any atom is 0.245 e. The first-order valence-corrected chi connectivity index (χ1v) is 15.1. The summed E-state index contributed by atoms with van der Waals surface area (Å²) in [6, 6.07) is 12.4. The topological polar surface area (TPSA) is 220 Å². The van der Waals surface area contributed by atoms with Gasteiger partial charge in [0, 0.05) is 32.0 Å². The second kappa shape index (κ2) is 16.1. The van der Waals surface area contributed by atoms with E-state index in [2.05, 4.69) is 20.9 Å². The maximum absolute atomic E-state index is 13.7. The van der Waals surface area contributed by atoms with Crippen LogP contribution in [0.15, 0.2) is 48.5 Å². The molecule has 234 valence electrons. The molecule has 0 aliphatic rings. The van der Waals surface area contributed by atoms with Crippen LogP contribution in [0.3, 0.4) is 0 Å². The van der Waals surface area contributed by atoms with E-state index in [1.807, 2.05) is 31.2 Å². The molecule has 0 spiro atoms. The summed E-state index contributed by atoms with van der Waals surface area (Å²) in [5, 5.41) is 23.3. The normalized spacial score (nSPS) is 12.1. The van der Waals surface area contributed by atoms with Gasteiger partial charge in [0.1, 0.15) is 11.9 Å². The fourth-order valence-electron chi connectivity index (χ4n) is 4.59. The van der Waals surface area contributed by atoms with Crippen LogP contribution in [-0.2, 0) is 20.8 Å². The lowest BCUT2D eigenvalue weighted by Gasteiger charge is -2.28. The predicted molar refractivity (Wildman–Crippen MR) is 171 cm³/mol. The van der Waals surface area contributed by atoms with Crippen molar-refractivity contribution in [2.45, 2.75) is 51.6 Å². The molecule has 1 aromatic heterocycles. The zero-order chi connectivity index (χ0) is 32.2. The number of thiazole rings is 1. The van der Waals surface area contributed by atoms with Crippen LogP contribution in [0.25, 0.3) is 10.2 Å². The van der Waals surface area contributed by atoms with Crippen molar-refractivity contribution in [2.75, 3.05) is 19.6 Å². The highest BCUT2D eigenvalue weighted by molar-refractivity contribution is 7.20. The molecule has 3 amide bonds. The molecule has 0 saturated carbocycles. The van der Waals surface area contributed by atoms with Gasteiger partial charge in [-0.2, -0.15) is 0 Å². The SMILES string of the molecule is CCCN(CC(=O)NC(Cc1ccc(C(=N)N)cc1)C(=O)c1nc2ccccc2s1)C(=O)[C@H](CCCNC(=N)N)NC(C)=O. The molecule has 0 radical (unpaired) electrons. The number of guanidine groups is 1. The molecular formula is C30H39N9O4S. The number of amides is 3. The predicted octanol–water partition coefficient (Wildman–Crippen LogP) is 1.50. The van der Waals surface area contributed by atoms with Crippen LogP contribution in [0.1, 0.15) is 54.0 Å². The third kappa shape index (κ3) is 9.87. The summed E-state index contributed by atoms with van der Waals surface area (Å²) >= 11 is 1.24. The van der Waals surface area contributed by atoms with E-state index in [-0.39, 0.29) is 54.4 Å². The third-order valence-electron chi connectivity index (χ3n) is 6.66. The lowest BCUT2D eigenvalue weighted by atomic mass is 10.0. The molecule has 44 heavy (non-hydrogen) atoms. The largest absolute Gasteiger partial charge is 0.384 e. The first-order chi connectivity index (χ1) is 21.0. The van der Waals surface area contributed by atoms with Crippen molar-refractivity contribution in [1.29, 1.82) is 10.8 Å². The Hall–Kier alpha value is -4.85. The molecule has 1 heterocycles. The van der Waals surface area contributed by atoms with Crippen LogP contribution in [0, 0.1) is 10.8 Å². The Morgan fingerprint density at radius 1 is 1.00 bits per heavy atom. The van der Waals surface area contributed by atoms with Crippen LogP contribution in [0.2, 0.25) is 0 Å². The Kier molecular flexibility index (Phi) is 12.3. The summed E-state index contributed by atoms with van der Waals surface area (Å²) in [6.45, 7) is 3.47. The van der Waals surface area contributed by atoms with Gasteiger partial charge in [-0.1, -0.05) is 43.3 Å². The number of rotatable bonds is 16. The summed E-state index contributed by atoms with van der Waals surface area (Å²) in [4.78, 5) is 58.3. The number of para-hydroxylation sites is 1. The molecule has 2 atom stereocenters. The summed E-state index contributed by atoms with van der Waals surface area (Å²) in [5.74, 6) is -1.99. The lowest BCUT2D eigenvalue weighted by molar-refractivity contribution is -0.139. The molecular weight excluding hydrogens is 582 g/mol. The first-order valence-electron chi connectivity index (χ1n) is 14.2.